The van der Waals surface area contributed by atoms with Gasteiger partial charge in [0.2, 0.25) is 0 Å². The van der Waals surface area contributed by atoms with E-state index >= 15 is 0 Å². The van der Waals surface area contributed by atoms with Gasteiger partial charge < -0.3 is 5.73 Å². The molecule has 0 spiro atoms. The molecule has 0 fully saturated rings. The van der Waals surface area contributed by atoms with Gasteiger partial charge in [0.15, 0.2) is 0 Å². The lowest BCUT2D eigenvalue weighted by Gasteiger charge is -2.07. The first kappa shape index (κ1) is 15.7. The molecule has 0 radical (unpaired) electrons. The number of hydrogen-bond donors (Lipinski definition) is 1. The van der Waals surface area contributed by atoms with Crippen LogP contribution in [0.15, 0.2) is 51.8 Å². The molecular formula is C14H13BrN2O3S. The maximum atomic E-state index is 12.3. The van der Waals surface area contributed by atoms with Gasteiger partial charge in [0.05, 0.1) is 20.6 Å². The molecule has 21 heavy (non-hydrogen) atoms. The van der Waals surface area contributed by atoms with Crippen LogP contribution >= 0.6 is 15.9 Å². The van der Waals surface area contributed by atoms with Crippen molar-refractivity contribution in [2.75, 3.05) is 11.5 Å². The topological polar surface area (TPSA) is 86.2 Å². The van der Waals surface area contributed by atoms with Gasteiger partial charge in [-0.05, 0) is 24.6 Å². The summed E-state index contributed by atoms with van der Waals surface area (Å²) in [6.45, 7) is 0. The van der Waals surface area contributed by atoms with Gasteiger partial charge in [-0.3, -0.25) is 14.3 Å². The van der Waals surface area contributed by atoms with Crippen molar-refractivity contribution >= 4 is 38.1 Å². The summed E-state index contributed by atoms with van der Waals surface area (Å²) in [5.41, 5.74) is 6.90. The molecule has 0 aliphatic carbocycles. The van der Waals surface area contributed by atoms with Crippen LogP contribution in [-0.2, 0) is 17.2 Å². The Kier molecular flexibility index (Phi) is 5.08. The van der Waals surface area contributed by atoms with E-state index in [1.54, 1.807) is 36.4 Å². The lowest BCUT2D eigenvalue weighted by molar-refractivity contribution is -0.385. The molecule has 2 rings (SSSR count). The van der Waals surface area contributed by atoms with Crippen molar-refractivity contribution in [1.29, 1.82) is 0 Å². The van der Waals surface area contributed by atoms with Crippen molar-refractivity contribution in [3.8, 4) is 0 Å². The molecule has 110 valence electrons. The number of hydrogen-bond acceptors (Lipinski definition) is 4. The Bertz CT molecular complexity index is 706. The van der Waals surface area contributed by atoms with Gasteiger partial charge in [-0.1, -0.05) is 34.1 Å². The Balaban J connectivity index is 2.15. The fourth-order valence-corrected chi connectivity index (χ4v) is 3.65. The zero-order chi connectivity index (χ0) is 15.4. The molecule has 2 N–H and O–H groups in total. The summed E-state index contributed by atoms with van der Waals surface area (Å²) in [4.78, 5) is 11.1. The van der Waals surface area contributed by atoms with Crippen molar-refractivity contribution in [3.05, 3.63) is 62.6 Å². The highest BCUT2D eigenvalue weighted by Gasteiger charge is 2.15. The van der Waals surface area contributed by atoms with Gasteiger partial charge in [-0.25, -0.2) is 0 Å². The van der Waals surface area contributed by atoms with E-state index in [0.29, 0.717) is 22.6 Å². The molecule has 0 aliphatic rings. The molecular weight excluding hydrogens is 356 g/mol. The Morgan fingerprint density at radius 2 is 1.95 bits per heavy atom. The van der Waals surface area contributed by atoms with Crippen LogP contribution in [0.5, 0.6) is 0 Å². The molecule has 0 aromatic heterocycles. The second-order valence-electron chi connectivity index (χ2n) is 4.37. The number of benzene rings is 2. The molecule has 7 heteroatoms. The third-order valence-electron chi connectivity index (χ3n) is 2.97. The zero-order valence-corrected chi connectivity index (χ0v) is 13.4. The summed E-state index contributed by atoms with van der Waals surface area (Å²) in [7, 11) is -1.30. The average Bonchev–Trinajstić information content (AvgIpc) is 2.47. The highest BCUT2D eigenvalue weighted by molar-refractivity contribution is 9.10. The lowest BCUT2D eigenvalue weighted by Crippen LogP contribution is -2.06. The monoisotopic (exact) mass is 368 g/mol. The predicted molar refractivity (Wildman–Crippen MR) is 86.6 cm³/mol. The van der Waals surface area contributed by atoms with Crippen LogP contribution in [-0.4, -0.2) is 14.9 Å². The van der Waals surface area contributed by atoms with E-state index in [0.717, 1.165) is 4.47 Å². The molecule has 5 nitrogen and oxygen atoms in total. The summed E-state index contributed by atoms with van der Waals surface area (Å²) < 4.78 is 13.1. The maximum Gasteiger partial charge on any atom is 0.272 e. The number of nitrogens with two attached hydrogens (primary N) is 1. The second-order valence-corrected chi connectivity index (χ2v) is 6.82. The van der Waals surface area contributed by atoms with Gasteiger partial charge in [-0.2, -0.15) is 0 Å². The van der Waals surface area contributed by atoms with E-state index < -0.39 is 15.7 Å². The molecule has 0 saturated carbocycles. The third-order valence-corrected chi connectivity index (χ3v) is 4.88. The minimum Gasteiger partial charge on any atom is -0.398 e. The van der Waals surface area contributed by atoms with Gasteiger partial charge in [-0.15, -0.1) is 0 Å². The maximum absolute atomic E-state index is 12.3. The quantitative estimate of drug-likeness (QED) is 0.498. The largest absolute Gasteiger partial charge is 0.398 e. The molecule has 0 aliphatic heterocycles. The molecule has 0 bridgehead atoms. The van der Waals surface area contributed by atoms with Crippen LogP contribution in [0.1, 0.15) is 5.56 Å². The SMILES string of the molecule is Nc1ccc(Br)cc1S(=O)CCc1ccccc1[N+](=O)[O-]. The number of anilines is 1. The van der Waals surface area contributed by atoms with Gasteiger partial charge in [0.25, 0.3) is 5.69 Å². The van der Waals surface area contributed by atoms with E-state index in [2.05, 4.69) is 15.9 Å². The molecule has 2 aromatic carbocycles. The van der Waals surface area contributed by atoms with Crippen molar-refractivity contribution in [2.24, 2.45) is 0 Å². The minimum absolute atomic E-state index is 0.0525. The summed E-state index contributed by atoms with van der Waals surface area (Å²) in [5.74, 6) is 0.283. The van der Waals surface area contributed by atoms with Gasteiger partial charge in [0.1, 0.15) is 0 Å². The first-order valence-corrected chi connectivity index (χ1v) is 8.26. The Morgan fingerprint density at radius 1 is 1.24 bits per heavy atom. The number of nitro groups is 1. The average molecular weight is 369 g/mol. The summed E-state index contributed by atoms with van der Waals surface area (Å²) in [5, 5.41) is 10.9. The van der Waals surface area contributed by atoms with Gasteiger partial charge >= 0.3 is 0 Å². The van der Waals surface area contributed by atoms with Crippen LogP contribution in [0.25, 0.3) is 0 Å². The first-order chi connectivity index (χ1) is 9.99. The fraction of sp³-hybridized carbons (Fsp3) is 0.143. The fourth-order valence-electron chi connectivity index (χ4n) is 1.92. The molecule has 1 unspecified atom stereocenters. The Hall–Kier alpha value is -1.73. The van der Waals surface area contributed by atoms with E-state index in [-0.39, 0.29) is 11.4 Å². The number of halogens is 1. The van der Waals surface area contributed by atoms with Crippen molar-refractivity contribution in [1.82, 2.24) is 0 Å². The molecule has 0 saturated heterocycles. The summed E-state index contributed by atoms with van der Waals surface area (Å²) in [6, 6.07) is 11.7. The molecule has 1 atom stereocenters. The summed E-state index contributed by atoms with van der Waals surface area (Å²) in [6.07, 6.45) is 0.357. The normalized spacial score (nSPS) is 12.0. The van der Waals surface area contributed by atoms with Crippen LogP contribution in [0, 0.1) is 10.1 Å². The molecule has 0 amide bonds. The van der Waals surface area contributed by atoms with Crippen LogP contribution < -0.4 is 5.73 Å². The van der Waals surface area contributed by atoms with Crippen LogP contribution in [0.2, 0.25) is 0 Å². The van der Waals surface area contributed by atoms with Crippen molar-refractivity contribution in [3.63, 3.8) is 0 Å². The minimum atomic E-state index is -1.30. The van der Waals surface area contributed by atoms with Crippen molar-refractivity contribution in [2.45, 2.75) is 11.3 Å². The van der Waals surface area contributed by atoms with E-state index in [1.807, 2.05) is 0 Å². The standard InChI is InChI=1S/C14H13BrN2O3S/c15-11-5-6-12(16)14(9-11)21(20)8-7-10-3-1-2-4-13(10)17(18)19/h1-6,9H,7-8,16H2. The number of nitrogens with zero attached hydrogens (tertiary/aromatic N) is 1. The molecule has 2 aromatic rings. The Morgan fingerprint density at radius 3 is 2.67 bits per heavy atom. The number of aryl methyl sites for hydroxylation is 1. The van der Waals surface area contributed by atoms with Crippen LogP contribution in [0.3, 0.4) is 0 Å². The number of nitro benzene ring substituents is 1. The smallest absolute Gasteiger partial charge is 0.272 e. The lowest BCUT2D eigenvalue weighted by atomic mass is 10.1. The summed E-state index contributed by atoms with van der Waals surface area (Å²) >= 11 is 3.31. The van der Waals surface area contributed by atoms with E-state index in [9.17, 15) is 14.3 Å². The zero-order valence-electron chi connectivity index (χ0n) is 11.0. The second kappa shape index (κ2) is 6.82. The van der Waals surface area contributed by atoms with Crippen molar-refractivity contribution < 1.29 is 9.13 Å². The van der Waals surface area contributed by atoms with Gasteiger partial charge in [0, 0.05) is 27.5 Å². The van der Waals surface area contributed by atoms with E-state index in [1.165, 1.54) is 6.07 Å². The number of para-hydroxylation sites is 1. The molecule has 0 heterocycles. The van der Waals surface area contributed by atoms with Crippen LogP contribution in [0.4, 0.5) is 11.4 Å². The first-order valence-electron chi connectivity index (χ1n) is 6.14. The predicted octanol–water partition coefficient (Wildman–Crippen LogP) is 3.29. The Labute approximate surface area is 132 Å². The third kappa shape index (κ3) is 3.89. The number of rotatable bonds is 5. The highest BCUT2D eigenvalue weighted by atomic mass is 79.9. The number of nitrogen functional groups attached to an aromatic ring is 1. The highest BCUT2D eigenvalue weighted by Crippen LogP contribution is 2.23. The van der Waals surface area contributed by atoms with E-state index in [4.69, 9.17) is 5.73 Å².